The summed E-state index contributed by atoms with van der Waals surface area (Å²) < 4.78 is 10.5. The summed E-state index contributed by atoms with van der Waals surface area (Å²) in [6.07, 6.45) is 10.1. The Kier molecular flexibility index (Phi) is 5.84. The number of methoxy groups -OCH3 is 1. The van der Waals surface area contributed by atoms with E-state index in [4.69, 9.17) is 9.47 Å². The number of nitrogens with zero attached hydrogens (tertiary/aromatic N) is 3. The molecule has 0 unspecified atom stereocenters. The van der Waals surface area contributed by atoms with Crippen LogP contribution in [0.1, 0.15) is 31.2 Å². The monoisotopic (exact) mass is 368 g/mol. The third kappa shape index (κ3) is 4.39. The van der Waals surface area contributed by atoms with Crippen LogP contribution in [0.4, 0.5) is 5.82 Å². The molecule has 2 heterocycles. The highest BCUT2D eigenvalue weighted by atomic mass is 16.5. The van der Waals surface area contributed by atoms with Crippen LogP contribution >= 0.6 is 0 Å². The molecule has 1 aromatic carbocycles. The number of hydrogen-bond acceptors (Lipinski definition) is 6. The summed E-state index contributed by atoms with van der Waals surface area (Å²) in [7, 11) is 1.65. The largest absolute Gasteiger partial charge is 0.504 e. The van der Waals surface area contributed by atoms with Crippen molar-refractivity contribution in [2.75, 3.05) is 38.7 Å². The molecule has 2 aliphatic rings. The molecule has 0 spiro atoms. The molecule has 1 saturated carbocycles. The zero-order valence-corrected chi connectivity index (χ0v) is 15.9. The Morgan fingerprint density at radius 1 is 1.15 bits per heavy atom. The Balaban J connectivity index is 1.43. The van der Waals surface area contributed by atoms with Crippen molar-refractivity contribution in [2.45, 2.75) is 37.8 Å². The van der Waals surface area contributed by atoms with Crippen molar-refractivity contribution >= 4 is 22.8 Å². The van der Waals surface area contributed by atoms with E-state index in [1.54, 1.807) is 19.7 Å². The van der Waals surface area contributed by atoms with Crippen molar-refractivity contribution in [1.82, 2.24) is 14.9 Å². The zero-order chi connectivity index (χ0) is 18.5. The van der Waals surface area contributed by atoms with E-state index in [0.29, 0.717) is 12.1 Å². The first-order valence-electron chi connectivity index (χ1n) is 9.86. The van der Waals surface area contributed by atoms with Gasteiger partial charge in [-0.2, -0.15) is 0 Å². The molecule has 1 N–H and O–H groups in total. The number of nitrogens with one attached hydrogen (secondary N) is 1. The number of rotatable bonds is 5. The topological polar surface area (TPSA) is 59.5 Å². The predicted molar refractivity (Wildman–Crippen MR) is 108 cm³/mol. The second-order valence-corrected chi connectivity index (χ2v) is 7.34. The van der Waals surface area contributed by atoms with Gasteiger partial charge in [-0.15, -0.1) is 0 Å². The van der Waals surface area contributed by atoms with Crippen molar-refractivity contribution in [2.24, 2.45) is 0 Å². The molecule has 4 rings (SSSR count). The molecule has 1 aliphatic carbocycles. The third-order valence-electron chi connectivity index (χ3n) is 5.66. The zero-order valence-electron chi connectivity index (χ0n) is 15.9. The molecule has 1 aromatic heterocycles. The van der Waals surface area contributed by atoms with Gasteiger partial charge in [0, 0.05) is 30.6 Å². The summed E-state index contributed by atoms with van der Waals surface area (Å²) in [5.41, 5.74) is 2.04. The number of fused-ring (bicyclic) bond motifs is 1. The van der Waals surface area contributed by atoms with Crippen LogP contribution in [0.2, 0.25) is 0 Å². The van der Waals surface area contributed by atoms with E-state index in [-0.39, 0.29) is 0 Å². The van der Waals surface area contributed by atoms with Crippen LogP contribution in [0.25, 0.3) is 17.0 Å². The van der Waals surface area contributed by atoms with Gasteiger partial charge in [0.05, 0.1) is 32.1 Å². The minimum atomic E-state index is 0.471. The molecule has 2 aromatic rings. The van der Waals surface area contributed by atoms with Gasteiger partial charge in [-0.05, 0) is 49.5 Å². The van der Waals surface area contributed by atoms with E-state index in [0.717, 1.165) is 48.6 Å². The van der Waals surface area contributed by atoms with Gasteiger partial charge < -0.3 is 14.8 Å². The van der Waals surface area contributed by atoms with E-state index >= 15 is 0 Å². The van der Waals surface area contributed by atoms with E-state index in [1.165, 1.54) is 25.7 Å². The van der Waals surface area contributed by atoms with Gasteiger partial charge in [0.2, 0.25) is 0 Å². The Labute approximate surface area is 160 Å². The normalized spacial score (nSPS) is 24.3. The van der Waals surface area contributed by atoms with Gasteiger partial charge in [-0.25, -0.2) is 9.97 Å². The van der Waals surface area contributed by atoms with Crippen molar-refractivity contribution in [3.63, 3.8) is 0 Å². The second kappa shape index (κ2) is 8.67. The fourth-order valence-electron chi connectivity index (χ4n) is 4.16. The highest BCUT2D eigenvalue weighted by Gasteiger charge is 2.27. The standard InChI is InChI=1S/C21H28N4O2/c1-26-11-8-16-2-7-20-19(14-16)21(23-15-22-20)24-17-3-5-18(6-4-17)25-9-12-27-13-10-25/h2,7-8,11,14-15,17-18H,3-6,9-10,12-13H2,1H3,(H,22,23,24)/b11-8+. The lowest BCUT2D eigenvalue weighted by Crippen LogP contribution is -2.46. The third-order valence-corrected chi connectivity index (χ3v) is 5.66. The number of benzene rings is 1. The van der Waals surface area contributed by atoms with Crippen LogP contribution in [0.5, 0.6) is 0 Å². The first kappa shape index (κ1) is 18.2. The number of morpholine rings is 1. The first-order valence-corrected chi connectivity index (χ1v) is 9.86. The SMILES string of the molecule is CO/C=C/c1ccc2ncnc(NC3CCC(N4CCOCC4)CC3)c2c1. The van der Waals surface area contributed by atoms with Gasteiger partial charge in [-0.1, -0.05) is 6.07 Å². The van der Waals surface area contributed by atoms with Crippen LogP contribution in [0, 0.1) is 0 Å². The number of ether oxygens (including phenoxy) is 2. The molecule has 27 heavy (non-hydrogen) atoms. The van der Waals surface area contributed by atoms with E-state index in [9.17, 15) is 0 Å². The molecule has 0 bridgehead atoms. The van der Waals surface area contributed by atoms with E-state index < -0.39 is 0 Å². The van der Waals surface area contributed by atoms with Gasteiger partial charge in [0.15, 0.2) is 0 Å². The Hall–Kier alpha value is -2.18. The maximum Gasteiger partial charge on any atom is 0.137 e. The summed E-state index contributed by atoms with van der Waals surface area (Å²) in [5, 5.41) is 4.74. The molecule has 1 aliphatic heterocycles. The lowest BCUT2D eigenvalue weighted by atomic mass is 9.90. The first-order chi connectivity index (χ1) is 13.3. The molecule has 144 valence electrons. The quantitative estimate of drug-likeness (QED) is 0.817. The molecule has 1 saturated heterocycles. The summed E-state index contributed by atoms with van der Waals surface area (Å²) in [5.74, 6) is 0.933. The summed E-state index contributed by atoms with van der Waals surface area (Å²) >= 11 is 0. The summed E-state index contributed by atoms with van der Waals surface area (Å²) in [6, 6.07) is 7.38. The Bertz CT molecular complexity index is 781. The van der Waals surface area contributed by atoms with Crippen LogP contribution < -0.4 is 5.32 Å². The number of aromatic nitrogens is 2. The van der Waals surface area contributed by atoms with Crippen LogP contribution in [0.3, 0.4) is 0 Å². The van der Waals surface area contributed by atoms with Crippen LogP contribution in [-0.4, -0.2) is 60.4 Å². The average molecular weight is 368 g/mol. The van der Waals surface area contributed by atoms with Crippen molar-refractivity contribution in [1.29, 1.82) is 0 Å². The van der Waals surface area contributed by atoms with Crippen LogP contribution in [0.15, 0.2) is 30.8 Å². The fourth-order valence-corrected chi connectivity index (χ4v) is 4.16. The highest BCUT2D eigenvalue weighted by molar-refractivity contribution is 5.90. The Morgan fingerprint density at radius 3 is 2.74 bits per heavy atom. The van der Waals surface area contributed by atoms with E-state index in [1.807, 2.05) is 18.2 Å². The molecule has 6 heteroatoms. The molecule has 2 fully saturated rings. The predicted octanol–water partition coefficient (Wildman–Crippen LogP) is 3.30. The lowest BCUT2D eigenvalue weighted by molar-refractivity contribution is 0.00791. The number of hydrogen-bond donors (Lipinski definition) is 1. The molecular weight excluding hydrogens is 340 g/mol. The fraction of sp³-hybridized carbons (Fsp3) is 0.524. The minimum Gasteiger partial charge on any atom is -0.504 e. The molecule has 0 radical (unpaired) electrons. The number of anilines is 1. The maximum absolute atomic E-state index is 5.48. The Morgan fingerprint density at radius 2 is 1.96 bits per heavy atom. The molecule has 0 amide bonds. The highest BCUT2D eigenvalue weighted by Crippen LogP contribution is 2.28. The van der Waals surface area contributed by atoms with Gasteiger partial charge >= 0.3 is 0 Å². The van der Waals surface area contributed by atoms with Gasteiger partial charge in [-0.3, -0.25) is 4.90 Å². The van der Waals surface area contributed by atoms with Crippen molar-refractivity contribution in [3.8, 4) is 0 Å². The molecule has 0 atom stereocenters. The average Bonchev–Trinajstić information content (AvgIpc) is 2.74. The van der Waals surface area contributed by atoms with Gasteiger partial charge in [0.25, 0.3) is 0 Å². The molecule has 6 nitrogen and oxygen atoms in total. The van der Waals surface area contributed by atoms with Crippen molar-refractivity contribution < 1.29 is 9.47 Å². The summed E-state index contributed by atoms with van der Waals surface area (Å²) in [4.78, 5) is 11.5. The van der Waals surface area contributed by atoms with E-state index in [2.05, 4.69) is 26.3 Å². The minimum absolute atomic E-state index is 0.471. The second-order valence-electron chi connectivity index (χ2n) is 7.34. The lowest BCUT2D eigenvalue weighted by Gasteiger charge is -2.39. The van der Waals surface area contributed by atoms with Crippen molar-refractivity contribution in [3.05, 3.63) is 36.4 Å². The maximum atomic E-state index is 5.48. The summed E-state index contributed by atoms with van der Waals surface area (Å²) in [6.45, 7) is 3.92. The smallest absolute Gasteiger partial charge is 0.137 e. The van der Waals surface area contributed by atoms with Crippen LogP contribution in [-0.2, 0) is 9.47 Å². The molecular formula is C21H28N4O2. The van der Waals surface area contributed by atoms with Gasteiger partial charge in [0.1, 0.15) is 12.1 Å².